The quantitative estimate of drug-likeness (QED) is 0.865. The molecule has 0 bridgehead atoms. The van der Waals surface area contributed by atoms with Crippen LogP contribution in [0.2, 0.25) is 0 Å². The molecule has 0 spiro atoms. The maximum atomic E-state index is 5.46. The molecule has 0 unspecified atom stereocenters. The van der Waals surface area contributed by atoms with Crippen LogP contribution in [-0.2, 0) is 6.54 Å². The highest BCUT2D eigenvalue weighted by Gasteiger charge is 2.28. The number of aromatic nitrogens is 1. The summed E-state index contributed by atoms with van der Waals surface area (Å²) in [5.74, 6) is 1.74. The molecule has 122 valence electrons. The van der Waals surface area contributed by atoms with E-state index in [0.29, 0.717) is 5.92 Å². The van der Waals surface area contributed by atoms with Crippen molar-refractivity contribution in [2.45, 2.75) is 39.2 Å². The molecule has 1 aromatic carbocycles. The number of benzene rings is 1. The second kappa shape index (κ2) is 6.00. The van der Waals surface area contributed by atoms with Crippen LogP contribution >= 0.6 is 0 Å². The topological polar surface area (TPSA) is 32.5 Å². The lowest BCUT2D eigenvalue weighted by Crippen LogP contribution is -2.46. The molecule has 1 aliphatic heterocycles. The number of aryl methyl sites for hydroxylation is 2. The second-order valence-electron chi connectivity index (χ2n) is 7.05. The molecule has 1 aromatic heterocycles. The van der Waals surface area contributed by atoms with Crippen LogP contribution in [-0.4, -0.2) is 36.2 Å². The Bertz CT molecular complexity index is 682. The number of piperazine rings is 1. The van der Waals surface area contributed by atoms with Crippen molar-refractivity contribution in [2.75, 3.05) is 31.1 Å². The van der Waals surface area contributed by atoms with Crippen molar-refractivity contribution in [1.82, 2.24) is 10.1 Å². The Morgan fingerprint density at radius 1 is 1.09 bits per heavy atom. The van der Waals surface area contributed by atoms with Gasteiger partial charge in [0.15, 0.2) is 0 Å². The Morgan fingerprint density at radius 3 is 2.61 bits per heavy atom. The van der Waals surface area contributed by atoms with E-state index in [4.69, 9.17) is 4.52 Å². The van der Waals surface area contributed by atoms with Crippen LogP contribution in [0.15, 0.2) is 28.8 Å². The van der Waals surface area contributed by atoms with E-state index < -0.39 is 0 Å². The lowest BCUT2D eigenvalue weighted by molar-refractivity contribution is 0.241. The molecule has 2 heterocycles. The molecule has 2 aromatic rings. The Hall–Kier alpha value is -1.81. The molecule has 1 saturated carbocycles. The molecule has 0 radical (unpaired) electrons. The average molecular weight is 311 g/mol. The molecule has 0 amide bonds. The first-order chi connectivity index (χ1) is 11.2. The summed E-state index contributed by atoms with van der Waals surface area (Å²) in [7, 11) is 0. The SMILES string of the molecule is Cc1ccc(C)c(N2CCN(Cc3cc(C4CC4)on3)CC2)c1. The van der Waals surface area contributed by atoms with Gasteiger partial charge in [-0.3, -0.25) is 4.90 Å². The lowest BCUT2D eigenvalue weighted by Gasteiger charge is -2.36. The molecule has 2 fully saturated rings. The molecule has 4 rings (SSSR count). The van der Waals surface area contributed by atoms with Crippen molar-refractivity contribution >= 4 is 5.69 Å². The molecule has 0 atom stereocenters. The van der Waals surface area contributed by atoms with Crippen LogP contribution in [0.25, 0.3) is 0 Å². The minimum Gasteiger partial charge on any atom is -0.369 e. The summed E-state index contributed by atoms with van der Waals surface area (Å²) < 4.78 is 5.46. The molecular weight excluding hydrogens is 286 g/mol. The van der Waals surface area contributed by atoms with Gasteiger partial charge in [0.25, 0.3) is 0 Å². The molecule has 2 aliphatic rings. The van der Waals surface area contributed by atoms with Crippen LogP contribution in [0.5, 0.6) is 0 Å². The summed E-state index contributed by atoms with van der Waals surface area (Å²) in [6.07, 6.45) is 2.53. The maximum absolute atomic E-state index is 5.46. The van der Waals surface area contributed by atoms with Gasteiger partial charge in [0.2, 0.25) is 0 Å². The smallest absolute Gasteiger partial charge is 0.140 e. The third-order valence-corrected chi connectivity index (χ3v) is 5.02. The summed E-state index contributed by atoms with van der Waals surface area (Å²) in [6, 6.07) is 8.89. The zero-order chi connectivity index (χ0) is 15.8. The van der Waals surface area contributed by atoms with Gasteiger partial charge >= 0.3 is 0 Å². The van der Waals surface area contributed by atoms with Gasteiger partial charge in [-0.1, -0.05) is 17.3 Å². The van der Waals surface area contributed by atoms with E-state index in [1.165, 1.54) is 29.7 Å². The van der Waals surface area contributed by atoms with Gasteiger partial charge in [-0.15, -0.1) is 0 Å². The first-order valence-corrected chi connectivity index (χ1v) is 8.69. The van der Waals surface area contributed by atoms with Gasteiger partial charge in [-0.05, 0) is 43.9 Å². The van der Waals surface area contributed by atoms with Gasteiger partial charge in [-0.25, -0.2) is 0 Å². The normalized spacial score (nSPS) is 19.3. The Balaban J connectivity index is 1.35. The summed E-state index contributed by atoms with van der Waals surface area (Å²) in [6.45, 7) is 9.61. The van der Waals surface area contributed by atoms with Crippen molar-refractivity contribution in [3.63, 3.8) is 0 Å². The van der Waals surface area contributed by atoms with Crippen molar-refractivity contribution in [1.29, 1.82) is 0 Å². The van der Waals surface area contributed by atoms with Crippen molar-refractivity contribution < 1.29 is 4.52 Å². The van der Waals surface area contributed by atoms with Gasteiger partial charge < -0.3 is 9.42 Å². The van der Waals surface area contributed by atoms with E-state index in [-0.39, 0.29) is 0 Å². The van der Waals surface area contributed by atoms with Crippen molar-refractivity contribution in [2.24, 2.45) is 0 Å². The average Bonchev–Trinajstić information content (AvgIpc) is 3.31. The van der Waals surface area contributed by atoms with E-state index in [1.807, 2.05) is 0 Å². The minimum atomic E-state index is 0.650. The predicted molar refractivity (Wildman–Crippen MR) is 91.9 cm³/mol. The van der Waals surface area contributed by atoms with E-state index >= 15 is 0 Å². The predicted octanol–water partition coefficient (Wildman–Crippen LogP) is 3.49. The van der Waals surface area contributed by atoms with Crippen LogP contribution in [0, 0.1) is 13.8 Å². The minimum absolute atomic E-state index is 0.650. The Kier molecular flexibility index (Phi) is 3.85. The van der Waals surface area contributed by atoms with Crippen molar-refractivity contribution in [3.05, 3.63) is 46.8 Å². The molecule has 4 nitrogen and oxygen atoms in total. The number of hydrogen-bond acceptors (Lipinski definition) is 4. The van der Waals surface area contributed by atoms with Gasteiger partial charge in [-0.2, -0.15) is 0 Å². The van der Waals surface area contributed by atoms with Crippen LogP contribution in [0.3, 0.4) is 0 Å². The summed E-state index contributed by atoms with van der Waals surface area (Å²) >= 11 is 0. The van der Waals surface area contributed by atoms with Gasteiger partial charge in [0, 0.05) is 50.4 Å². The number of rotatable bonds is 4. The van der Waals surface area contributed by atoms with E-state index in [0.717, 1.165) is 44.2 Å². The monoisotopic (exact) mass is 311 g/mol. The molecule has 4 heteroatoms. The van der Waals surface area contributed by atoms with Crippen LogP contribution in [0.1, 0.15) is 41.3 Å². The highest BCUT2D eigenvalue weighted by atomic mass is 16.5. The molecule has 1 saturated heterocycles. The number of hydrogen-bond donors (Lipinski definition) is 0. The number of nitrogens with zero attached hydrogens (tertiary/aromatic N) is 3. The Morgan fingerprint density at radius 2 is 1.87 bits per heavy atom. The van der Waals surface area contributed by atoms with Crippen LogP contribution in [0.4, 0.5) is 5.69 Å². The zero-order valence-corrected chi connectivity index (χ0v) is 14.1. The molecule has 1 aliphatic carbocycles. The van der Waals surface area contributed by atoms with Gasteiger partial charge in [0.1, 0.15) is 5.76 Å². The van der Waals surface area contributed by atoms with E-state index in [1.54, 1.807) is 0 Å². The number of anilines is 1. The molecular formula is C19H25N3O. The van der Waals surface area contributed by atoms with Crippen molar-refractivity contribution in [3.8, 4) is 0 Å². The zero-order valence-electron chi connectivity index (χ0n) is 14.1. The third-order valence-electron chi connectivity index (χ3n) is 5.02. The fourth-order valence-corrected chi connectivity index (χ4v) is 3.40. The van der Waals surface area contributed by atoms with E-state index in [9.17, 15) is 0 Å². The Labute approximate surface area is 138 Å². The molecule has 23 heavy (non-hydrogen) atoms. The fraction of sp³-hybridized carbons (Fsp3) is 0.526. The fourth-order valence-electron chi connectivity index (χ4n) is 3.40. The highest BCUT2D eigenvalue weighted by molar-refractivity contribution is 5.55. The standard InChI is InChI=1S/C19H25N3O/c1-14-3-4-15(2)18(11-14)22-9-7-21(8-10-22)13-17-12-19(23-20-17)16-5-6-16/h3-4,11-12,16H,5-10,13H2,1-2H3. The molecule has 0 N–H and O–H groups in total. The van der Waals surface area contributed by atoms with E-state index in [2.05, 4.69) is 53.1 Å². The van der Waals surface area contributed by atoms with Crippen LogP contribution < -0.4 is 4.90 Å². The summed E-state index contributed by atoms with van der Waals surface area (Å²) in [5, 5.41) is 4.24. The largest absolute Gasteiger partial charge is 0.369 e. The first kappa shape index (κ1) is 14.8. The highest BCUT2D eigenvalue weighted by Crippen LogP contribution is 2.40. The first-order valence-electron chi connectivity index (χ1n) is 8.69. The third kappa shape index (κ3) is 3.27. The van der Waals surface area contributed by atoms with Gasteiger partial charge in [0.05, 0.1) is 5.69 Å². The second-order valence-corrected chi connectivity index (χ2v) is 7.05. The summed E-state index contributed by atoms with van der Waals surface area (Å²) in [5.41, 5.74) is 5.19. The summed E-state index contributed by atoms with van der Waals surface area (Å²) in [4.78, 5) is 4.99. The maximum Gasteiger partial charge on any atom is 0.140 e. The lowest BCUT2D eigenvalue weighted by atomic mass is 10.1.